The number of hydrogen-bond acceptors (Lipinski definition) is 5. The fourth-order valence-corrected chi connectivity index (χ4v) is 3.02. The Hall–Kier alpha value is -3.27. The van der Waals surface area contributed by atoms with Crippen molar-refractivity contribution >= 4 is 29.3 Å². The zero-order valence-corrected chi connectivity index (χ0v) is 19.9. The molecule has 3 N–H and O–H groups in total. The number of nitrogens with one attached hydrogen (secondary N) is 3. The first kappa shape index (κ1) is 25.0. The van der Waals surface area contributed by atoms with Crippen LogP contribution in [-0.2, 0) is 18.8 Å². The molecular weight excluding hydrogens is 412 g/mol. The predicted octanol–water partition coefficient (Wildman–Crippen LogP) is 2.64. The maximum Gasteiger partial charge on any atom is 0.412 e. The van der Waals surface area contributed by atoms with E-state index in [-0.39, 0.29) is 11.8 Å². The first-order chi connectivity index (χ1) is 14.9. The molecule has 0 bridgehead atoms. The summed E-state index contributed by atoms with van der Waals surface area (Å²) in [7, 11) is 7.41. The van der Waals surface area contributed by atoms with E-state index in [1.165, 1.54) is 0 Å². The number of amides is 3. The van der Waals surface area contributed by atoms with Crippen LogP contribution in [0.1, 0.15) is 48.2 Å². The van der Waals surface area contributed by atoms with Gasteiger partial charge in [0.15, 0.2) is 0 Å². The molecule has 0 aliphatic heterocycles. The summed E-state index contributed by atoms with van der Waals surface area (Å²) in [6, 6.07) is 3.18. The topological polar surface area (TPSA) is 110 Å². The van der Waals surface area contributed by atoms with Gasteiger partial charge < -0.3 is 29.4 Å². The third-order valence-electron chi connectivity index (χ3n) is 4.45. The van der Waals surface area contributed by atoms with Gasteiger partial charge in [0, 0.05) is 33.0 Å². The molecular formula is C22H34N6O4. The van der Waals surface area contributed by atoms with E-state index in [0.717, 1.165) is 13.0 Å². The minimum absolute atomic E-state index is 0.200. The highest BCUT2D eigenvalue weighted by atomic mass is 16.6. The van der Waals surface area contributed by atoms with Crippen LogP contribution in [0.3, 0.4) is 0 Å². The van der Waals surface area contributed by atoms with Gasteiger partial charge in [-0.25, -0.2) is 4.79 Å². The van der Waals surface area contributed by atoms with Crippen LogP contribution >= 0.6 is 0 Å². The van der Waals surface area contributed by atoms with Gasteiger partial charge in [0.05, 0.1) is 11.4 Å². The second kappa shape index (κ2) is 10.4. The summed E-state index contributed by atoms with van der Waals surface area (Å²) in [5, 5.41) is 8.29. The number of carbonyl (C=O) groups excluding carboxylic acids is 3. The summed E-state index contributed by atoms with van der Waals surface area (Å²) in [5.41, 5.74) is 1.11. The highest BCUT2D eigenvalue weighted by molar-refractivity contribution is 6.05. The molecule has 0 saturated carbocycles. The second-order valence-corrected chi connectivity index (χ2v) is 8.94. The van der Waals surface area contributed by atoms with Gasteiger partial charge in [0.25, 0.3) is 11.8 Å². The molecule has 10 heteroatoms. The van der Waals surface area contributed by atoms with Crippen LogP contribution in [-0.4, -0.2) is 64.7 Å². The first-order valence-electron chi connectivity index (χ1n) is 10.4. The molecule has 0 saturated heterocycles. The van der Waals surface area contributed by atoms with Crippen molar-refractivity contribution in [1.29, 1.82) is 0 Å². The smallest absolute Gasteiger partial charge is 0.412 e. The number of anilines is 2. The fourth-order valence-electron chi connectivity index (χ4n) is 3.02. The maximum atomic E-state index is 12.7. The Kier molecular flexibility index (Phi) is 8.09. The quantitative estimate of drug-likeness (QED) is 0.540. The van der Waals surface area contributed by atoms with Gasteiger partial charge in [0.1, 0.15) is 17.0 Å². The molecule has 176 valence electrons. The molecule has 2 aromatic rings. The minimum Gasteiger partial charge on any atom is -0.444 e. The van der Waals surface area contributed by atoms with Gasteiger partial charge in [-0.1, -0.05) is 0 Å². The Morgan fingerprint density at radius 2 is 1.47 bits per heavy atom. The third kappa shape index (κ3) is 7.45. The maximum absolute atomic E-state index is 12.7. The average Bonchev–Trinajstić information content (AvgIpc) is 3.18. The normalized spacial score (nSPS) is 11.4. The van der Waals surface area contributed by atoms with Crippen molar-refractivity contribution in [2.45, 2.75) is 32.8 Å². The van der Waals surface area contributed by atoms with Crippen LogP contribution in [0.2, 0.25) is 0 Å². The van der Waals surface area contributed by atoms with Gasteiger partial charge in [-0.15, -0.1) is 0 Å². The van der Waals surface area contributed by atoms with Crippen LogP contribution in [0.5, 0.6) is 0 Å². The second-order valence-electron chi connectivity index (χ2n) is 8.94. The standard InChI is InChI=1S/C22H34N6O4/c1-22(2,3)32-21(31)25-16-12-18(28(7)14-16)20(30)24-15-11-17(27(6)13-15)19(29)23-9-8-10-26(4)5/h11-14H,8-10H2,1-7H3,(H,23,29)(H,24,30)(H,25,31). The molecule has 0 radical (unpaired) electrons. The number of hydrogen-bond donors (Lipinski definition) is 3. The largest absolute Gasteiger partial charge is 0.444 e. The SMILES string of the molecule is CN(C)CCCNC(=O)c1cc(NC(=O)c2cc(NC(=O)OC(C)(C)C)cn2C)cn1C. The first-order valence-corrected chi connectivity index (χ1v) is 10.4. The van der Waals surface area contributed by atoms with Crippen molar-refractivity contribution in [2.75, 3.05) is 37.8 Å². The van der Waals surface area contributed by atoms with Crippen molar-refractivity contribution < 1.29 is 19.1 Å². The molecule has 2 aromatic heterocycles. The van der Waals surface area contributed by atoms with Crippen molar-refractivity contribution in [2.24, 2.45) is 14.1 Å². The monoisotopic (exact) mass is 446 g/mol. The van der Waals surface area contributed by atoms with E-state index in [1.54, 1.807) is 68.5 Å². The van der Waals surface area contributed by atoms with Crippen LogP contribution in [0.25, 0.3) is 0 Å². The van der Waals surface area contributed by atoms with Crippen LogP contribution in [0, 0.1) is 0 Å². The number of aromatic nitrogens is 2. The van der Waals surface area contributed by atoms with Crippen LogP contribution < -0.4 is 16.0 Å². The van der Waals surface area contributed by atoms with E-state index in [4.69, 9.17) is 4.74 Å². The van der Waals surface area contributed by atoms with E-state index in [9.17, 15) is 14.4 Å². The molecule has 0 spiro atoms. The number of carbonyl (C=O) groups is 3. The zero-order valence-electron chi connectivity index (χ0n) is 19.9. The van der Waals surface area contributed by atoms with Gasteiger partial charge in [-0.3, -0.25) is 14.9 Å². The Balaban J connectivity index is 2.00. The molecule has 0 aromatic carbocycles. The van der Waals surface area contributed by atoms with Crippen molar-refractivity contribution in [3.05, 3.63) is 35.9 Å². The fraction of sp³-hybridized carbons (Fsp3) is 0.500. The average molecular weight is 447 g/mol. The lowest BCUT2D eigenvalue weighted by molar-refractivity contribution is 0.0635. The minimum atomic E-state index is -0.622. The van der Waals surface area contributed by atoms with Crippen LogP contribution in [0.15, 0.2) is 24.5 Å². The number of ether oxygens (including phenoxy) is 1. The summed E-state index contributed by atoms with van der Waals surface area (Å²) < 4.78 is 8.49. The molecule has 2 rings (SSSR count). The van der Waals surface area contributed by atoms with Gasteiger partial charge in [-0.2, -0.15) is 0 Å². The summed E-state index contributed by atoms with van der Waals surface area (Å²) in [6.45, 7) is 6.77. The Bertz CT molecular complexity index is 968. The lowest BCUT2D eigenvalue weighted by atomic mass is 10.2. The van der Waals surface area contributed by atoms with E-state index in [1.807, 2.05) is 14.1 Å². The molecule has 0 fully saturated rings. The van der Waals surface area contributed by atoms with Gasteiger partial charge in [-0.05, 0) is 60.0 Å². The predicted molar refractivity (Wildman–Crippen MR) is 124 cm³/mol. The summed E-state index contributed by atoms with van der Waals surface area (Å²) in [5.74, 6) is -0.567. The highest BCUT2D eigenvalue weighted by Gasteiger charge is 2.19. The van der Waals surface area contributed by atoms with E-state index in [2.05, 4.69) is 20.9 Å². The van der Waals surface area contributed by atoms with Crippen molar-refractivity contribution in [1.82, 2.24) is 19.4 Å². The lowest BCUT2D eigenvalue weighted by Gasteiger charge is -2.19. The van der Waals surface area contributed by atoms with Gasteiger partial charge in [0.2, 0.25) is 0 Å². The van der Waals surface area contributed by atoms with Crippen LogP contribution in [0.4, 0.5) is 16.2 Å². The summed E-state index contributed by atoms with van der Waals surface area (Å²) in [4.78, 5) is 39.2. The molecule has 0 aliphatic rings. The Labute approximate surface area is 188 Å². The molecule has 10 nitrogen and oxygen atoms in total. The molecule has 0 atom stereocenters. The molecule has 32 heavy (non-hydrogen) atoms. The molecule has 0 aliphatic carbocycles. The highest BCUT2D eigenvalue weighted by Crippen LogP contribution is 2.18. The summed E-state index contributed by atoms with van der Waals surface area (Å²) >= 11 is 0. The molecule has 2 heterocycles. The number of rotatable bonds is 8. The Morgan fingerprint density at radius 3 is 2.00 bits per heavy atom. The lowest BCUT2D eigenvalue weighted by Crippen LogP contribution is -2.28. The molecule has 3 amide bonds. The zero-order chi connectivity index (χ0) is 24.1. The molecule has 0 unspecified atom stereocenters. The van der Waals surface area contributed by atoms with E-state index < -0.39 is 11.7 Å². The van der Waals surface area contributed by atoms with Crippen molar-refractivity contribution in [3.63, 3.8) is 0 Å². The van der Waals surface area contributed by atoms with Crippen molar-refractivity contribution in [3.8, 4) is 0 Å². The summed E-state index contributed by atoms with van der Waals surface area (Å²) in [6.07, 6.45) is 3.55. The number of nitrogens with zero attached hydrogens (tertiary/aromatic N) is 3. The third-order valence-corrected chi connectivity index (χ3v) is 4.45. The van der Waals surface area contributed by atoms with E-state index in [0.29, 0.717) is 29.3 Å². The Morgan fingerprint density at radius 1 is 0.938 bits per heavy atom. The van der Waals surface area contributed by atoms with E-state index >= 15 is 0 Å². The number of aryl methyl sites for hydroxylation is 2. The van der Waals surface area contributed by atoms with Gasteiger partial charge >= 0.3 is 6.09 Å².